The van der Waals surface area contributed by atoms with E-state index < -0.39 is 0 Å². The zero-order valence-corrected chi connectivity index (χ0v) is 9.21. The molecule has 0 aromatic carbocycles. The van der Waals surface area contributed by atoms with Gasteiger partial charge in [-0.1, -0.05) is 6.42 Å². The number of hydrogen-bond donors (Lipinski definition) is 1. The topological polar surface area (TPSA) is 41.6 Å². The fourth-order valence-corrected chi connectivity index (χ4v) is 3.44. The molecule has 15 heavy (non-hydrogen) atoms. The van der Waals surface area contributed by atoms with E-state index in [4.69, 9.17) is 4.74 Å². The van der Waals surface area contributed by atoms with Crippen LogP contribution in [0.2, 0.25) is 0 Å². The molecule has 1 saturated carbocycles. The van der Waals surface area contributed by atoms with Gasteiger partial charge in [-0.15, -0.1) is 0 Å². The van der Waals surface area contributed by atoms with Gasteiger partial charge in [-0.05, 0) is 32.6 Å². The number of fused-ring (bicyclic) bond motifs is 2. The normalized spacial score (nSPS) is 38.2. The SMILES string of the molecule is C[C@]12NCCN1C(=O)OC21CCCCC1. The number of carbonyl (C=O) groups excluding carboxylic acids is 1. The van der Waals surface area contributed by atoms with E-state index in [1.54, 1.807) is 0 Å². The van der Waals surface area contributed by atoms with Crippen LogP contribution in [-0.4, -0.2) is 35.3 Å². The molecule has 0 unspecified atom stereocenters. The molecule has 3 rings (SSSR count). The number of rotatable bonds is 0. The summed E-state index contributed by atoms with van der Waals surface area (Å²) in [6.07, 6.45) is 5.54. The fraction of sp³-hybridized carbons (Fsp3) is 0.909. The number of nitrogens with one attached hydrogen (secondary N) is 1. The highest BCUT2D eigenvalue weighted by Gasteiger charge is 2.63. The molecule has 2 heterocycles. The van der Waals surface area contributed by atoms with E-state index in [2.05, 4.69) is 12.2 Å². The van der Waals surface area contributed by atoms with E-state index >= 15 is 0 Å². The second-order valence-corrected chi connectivity index (χ2v) is 5.07. The Labute approximate surface area is 90.0 Å². The number of carbonyl (C=O) groups is 1. The lowest BCUT2D eigenvalue weighted by atomic mass is 9.76. The zero-order valence-electron chi connectivity index (χ0n) is 9.21. The highest BCUT2D eigenvalue weighted by Crippen LogP contribution is 2.48. The van der Waals surface area contributed by atoms with Crippen LogP contribution in [-0.2, 0) is 4.74 Å². The van der Waals surface area contributed by atoms with Crippen LogP contribution in [0.25, 0.3) is 0 Å². The van der Waals surface area contributed by atoms with Crippen molar-refractivity contribution >= 4 is 6.09 Å². The summed E-state index contributed by atoms with van der Waals surface area (Å²) in [5, 5.41) is 3.47. The van der Waals surface area contributed by atoms with Crippen LogP contribution in [0.5, 0.6) is 0 Å². The van der Waals surface area contributed by atoms with Crippen LogP contribution < -0.4 is 5.32 Å². The number of nitrogens with zero attached hydrogens (tertiary/aromatic N) is 1. The number of amides is 1. The van der Waals surface area contributed by atoms with Gasteiger partial charge in [0.25, 0.3) is 0 Å². The maximum atomic E-state index is 11.8. The quantitative estimate of drug-likeness (QED) is 0.658. The van der Waals surface area contributed by atoms with Crippen molar-refractivity contribution < 1.29 is 9.53 Å². The van der Waals surface area contributed by atoms with E-state index in [0.717, 1.165) is 25.9 Å². The monoisotopic (exact) mass is 210 g/mol. The molecule has 1 N–H and O–H groups in total. The molecule has 3 aliphatic rings. The van der Waals surface area contributed by atoms with E-state index in [1.807, 2.05) is 4.90 Å². The molecule has 84 valence electrons. The zero-order chi connectivity index (χ0) is 10.5. The average molecular weight is 210 g/mol. The molecule has 0 radical (unpaired) electrons. The molecule has 1 amide bonds. The van der Waals surface area contributed by atoms with Crippen LogP contribution in [0.4, 0.5) is 4.79 Å². The molecule has 0 bridgehead atoms. The molecular weight excluding hydrogens is 192 g/mol. The standard InChI is InChI=1S/C11H18N2O2/c1-10-11(5-3-2-4-6-11)15-9(14)13(10)8-7-12-10/h12H,2-8H2,1H3/t10-/m0/s1. The van der Waals surface area contributed by atoms with E-state index in [0.29, 0.717) is 0 Å². The third kappa shape index (κ3) is 1.03. The summed E-state index contributed by atoms with van der Waals surface area (Å²) in [5.74, 6) is 0. The Morgan fingerprint density at radius 1 is 1.33 bits per heavy atom. The summed E-state index contributed by atoms with van der Waals surface area (Å²) in [5.41, 5.74) is -0.497. The first-order valence-corrected chi connectivity index (χ1v) is 5.94. The molecule has 1 spiro atoms. The molecular formula is C11H18N2O2. The van der Waals surface area contributed by atoms with Gasteiger partial charge in [0.1, 0.15) is 5.66 Å². The summed E-state index contributed by atoms with van der Waals surface area (Å²) in [6.45, 7) is 3.81. The van der Waals surface area contributed by atoms with Crippen molar-refractivity contribution in [3.8, 4) is 0 Å². The van der Waals surface area contributed by atoms with Gasteiger partial charge < -0.3 is 4.74 Å². The summed E-state index contributed by atoms with van der Waals surface area (Å²) in [6, 6.07) is 0. The fourth-order valence-electron chi connectivity index (χ4n) is 3.44. The molecule has 2 aliphatic heterocycles. The lowest BCUT2D eigenvalue weighted by Gasteiger charge is -2.42. The van der Waals surface area contributed by atoms with Crippen LogP contribution in [0.1, 0.15) is 39.0 Å². The Balaban J connectivity index is 1.98. The molecule has 2 saturated heterocycles. The molecule has 3 fully saturated rings. The third-order valence-electron chi connectivity index (χ3n) is 4.40. The van der Waals surface area contributed by atoms with Crippen molar-refractivity contribution in [2.45, 2.75) is 50.3 Å². The molecule has 0 aromatic heterocycles. The molecule has 1 atom stereocenters. The minimum atomic E-state index is -0.251. The lowest BCUT2D eigenvalue weighted by Crippen LogP contribution is -2.61. The van der Waals surface area contributed by atoms with Gasteiger partial charge in [-0.3, -0.25) is 10.2 Å². The number of hydrogen-bond acceptors (Lipinski definition) is 3. The van der Waals surface area contributed by atoms with Crippen molar-refractivity contribution in [3.05, 3.63) is 0 Å². The van der Waals surface area contributed by atoms with Gasteiger partial charge in [0.2, 0.25) is 0 Å². The Kier molecular flexibility index (Phi) is 1.81. The van der Waals surface area contributed by atoms with Gasteiger partial charge in [0, 0.05) is 13.1 Å². The van der Waals surface area contributed by atoms with Crippen LogP contribution in [0.3, 0.4) is 0 Å². The van der Waals surface area contributed by atoms with E-state index in [1.165, 1.54) is 19.3 Å². The maximum Gasteiger partial charge on any atom is 0.412 e. The van der Waals surface area contributed by atoms with Gasteiger partial charge in [0.15, 0.2) is 5.60 Å². The largest absolute Gasteiger partial charge is 0.439 e. The smallest absolute Gasteiger partial charge is 0.412 e. The minimum absolute atomic E-state index is 0.121. The lowest BCUT2D eigenvalue weighted by molar-refractivity contribution is -0.0409. The van der Waals surface area contributed by atoms with Crippen molar-refractivity contribution in [2.24, 2.45) is 0 Å². The van der Waals surface area contributed by atoms with Crippen LogP contribution in [0, 0.1) is 0 Å². The van der Waals surface area contributed by atoms with Crippen molar-refractivity contribution in [1.82, 2.24) is 10.2 Å². The number of ether oxygens (including phenoxy) is 1. The molecule has 1 aliphatic carbocycles. The van der Waals surface area contributed by atoms with Crippen LogP contribution >= 0.6 is 0 Å². The van der Waals surface area contributed by atoms with Gasteiger partial charge >= 0.3 is 6.09 Å². The average Bonchev–Trinajstić information content (AvgIpc) is 2.70. The Morgan fingerprint density at radius 3 is 2.80 bits per heavy atom. The van der Waals surface area contributed by atoms with Gasteiger partial charge in [0.05, 0.1) is 0 Å². The second kappa shape index (κ2) is 2.88. The summed E-state index contributed by atoms with van der Waals surface area (Å²) in [4.78, 5) is 13.7. The summed E-state index contributed by atoms with van der Waals surface area (Å²) < 4.78 is 5.68. The van der Waals surface area contributed by atoms with Crippen molar-refractivity contribution in [2.75, 3.05) is 13.1 Å². The van der Waals surface area contributed by atoms with E-state index in [9.17, 15) is 4.79 Å². The maximum absolute atomic E-state index is 11.8. The summed E-state index contributed by atoms with van der Waals surface area (Å²) >= 11 is 0. The highest BCUT2D eigenvalue weighted by atomic mass is 16.6. The molecule has 4 heteroatoms. The Hall–Kier alpha value is -0.770. The van der Waals surface area contributed by atoms with E-state index in [-0.39, 0.29) is 17.4 Å². The first-order chi connectivity index (χ1) is 7.18. The first-order valence-electron chi connectivity index (χ1n) is 5.94. The second-order valence-electron chi connectivity index (χ2n) is 5.07. The molecule has 0 aromatic rings. The molecule has 4 nitrogen and oxygen atoms in total. The highest BCUT2D eigenvalue weighted by molar-refractivity contribution is 5.73. The Bertz CT molecular complexity index is 299. The van der Waals surface area contributed by atoms with Crippen molar-refractivity contribution in [3.63, 3.8) is 0 Å². The van der Waals surface area contributed by atoms with Crippen LogP contribution in [0.15, 0.2) is 0 Å². The Morgan fingerprint density at radius 2 is 2.07 bits per heavy atom. The van der Waals surface area contributed by atoms with Gasteiger partial charge in [-0.2, -0.15) is 0 Å². The predicted molar refractivity (Wildman–Crippen MR) is 55.4 cm³/mol. The first kappa shape index (κ1) is 9.46. The third-order valence-corrected chi connectivity index (χ3v) is 4.40. The summed E-state index contributed by atoms with van der Waals surface area (Å²) in [7, 11) is 0. The van der Waals surface area contributed by atoms with Crippen molar-refractivity contribution in [1.29, 1.82) is 0 Å². The predicted octanol–water partition coefficient (Wildman–Crippen LogP) is 1.46. The minimum Gasteiger partial charge on any atom is -0.439 e. The van der Waals surface area contributed by atoms with Gasteiger partial charge in [-0.25, -0.2) is 4.79 Å².